The van der Waals surface area contributed by atoms with Crippen molar-refractivity contribution < 1.29 is 4.74 Å². The third kappa shape index (κ3) is 3.12. The van der Waals surface area contributed by atoms with Gasteiger partial charge in [0.25, 0.3) is 0 Å². The number of nitrogens with one attached hydrogen (secondary N) is 1. The monoisotopic (exact) mass is 272 g/mol. The molecule has 20 heavy (non-hydrogen) atoms. The molecule has 1 aromatic carbocycles. The minimum absolute atomic E-state index is 0.0620. The van der Waals surface area contributed by atoms with Gasteiger partial charge in [0, 0.05) is 24.7 Å². The van der Waals surface area contributed by atoms with Crippen molar-refractivity contribution in [2.45, 2.75) is 26.4 Å². The molecule has 1 aromatic heterocycles. The van der Waals surface area contributed by atoms with E-state index in [2.05, 4.69) is 15.4 Å². The Hall–Kier alpha value is -1.98. The van der Waals surface area contributed by atoms with Gasteiger partial charge < -0.3 is 10.2 Å². The zero-order valence-electron chi connectivity index (χ0n) is 12.1. The lowest BCUT2D eigenvalue weighted by atomic mass is 10.1. The molecule has 0 amide bonds. The van der Waals surface area contributed by atoms with Crippen molar-refractivity contribution >= 4 is 5.82 Å². The van der Waals surface area contributed by atoms with Gasteiger partial charge in [0.15, 0.2) is 0 Å². The van der Waals surface area contributed by atoms with E-state index in [1.807, 2.05) is 44.2 Å². The molecule has 1 unspecified atom stereocenters. The minimum atomic E-state index is 0.0620. The van der Waals surface area contributed by atoms with E-state index in [1.54, 1.807) is 7.11 Å². The fourth-order valence-electron chi connectivity index (χ4n) is 2.01. The first kappa shape index (κ1) is 14.4. The minimum Gasteiger partial charge on any atom is -0.381 e. The zero-order chi connectivity index (χ0) is 14.5. The van der Waals surface area contributed by atoms with Crippen molar-refractivity contribution in [3.8, 4) is 11.3 Å². The van der Waals surface area contributed by atoms with Crippen LogP contribution < -0.4 is 11.3 Å². The number of anilines is 1. The van der Waals surface area contributed by atoms with Crippen LogP contribution in [0.15, 0.2) is 30.3 Å². The smallest absolute Gasteiger partial charge is 0.147 e. The number of aromatic nitrogens is 2. The Morgan fingerprint density at radius 2 is 1.95 bits per heavy atom. The maximum Gasteiger partial charge on any atom is 0.147 e. The molecular formula is C15H20N4O. The van der Waals surface area contributed by atoms with Gasteiger partial charge in [-0.15, -0.1) is 0 Å². The molecule has 0 fully saturated rings. The van der Waals surface area contributed by atoms with E-state index < -0.39 is 0 Å². The van der Waals surface area contributed by atoms with Gasteiger partial charge in [0.05, 0.1) is 11.8 Å². The molecule has 0 aliphatic rings. The first-order valence-electron chi connectivity index (χ1n) is 6.58. The Morgan fingerprint density at radius 1 is 1.25 bits per heavy atom. The second-order valence-electron chi connectivity index (χ2n) is 4.72. The summed E-state index contributed by atoms with van der Waals surface area (Å²) < 4.78 is 5.27. The van der Waals surface area contributed by atoms with E-state index in [-0.39, 0.29) is 6.10 Å². The summed E-state index contributed by atoms with van der Waals surface area (Å²) in [5, 5.41) is 0. The summed E-state index contributed by atoms with van der Waals surface area (Å²) in [6.45, 7) is 3.95. The maximum absolute atomic E-state index is 5.56. The number of hydrogen-bond acceptors (Lipinski definition) is 5. The second kappa shape index (κ2) is 6.45. The lowest BCUT2D eigenvalue weighted by molar-refractivity contribution is 0.117. The Kier molecular flexibility index (Phi) is 4.65. The average Bonchev–Trinajstić information content (AvgIpc) is 2.49. The summed E-state index contributed by atoms with van der Waals surface area (Å²) >= 11 is 0. The summed E-state index contributed by atoms with van der Waals surface area (Å²) in [6, 6.07) is 10.0. The van der Waals surface area contributed by atoms with Crippen LogP contribution in [-0.2, 0) is 11.2 Å². The highest BCUT2D eigenvalue weighted by atomic mass is 16.5. The van der Waals surface area contributed by atoms with Crippen LogP contribution in [0.3, 0.4) is 0 Å². The number of ether oxygens (including phenoxy) is 1. The molecule has 0 saturated heterocycles. The average molecular weight is 272 g/mol. The first-order chi connectivity index (χ1) is 9.65. The van der Waals surface area contributed by atoms with E-state index in [0.29, 0.717) is 12.2 Å². The first-order valence-corrected chi connectivity index (χ1v) is 6.58. The summed E-state index contributed by atoms with van der Waals surface area (Å²) in [4.78, 5) is 9.09. The fraction of sp³-hybridized carbons (Fsp3) is 0.333. The SMILES string of the molecule is COC(C)Cc1nc(NN)c(C)c(-c2ccccc2)n1. The third-order valence-electron chi connectivity index (χ3n) is 3.25. The molecule has 2 rings (SSSR count). The maximum atomic E-state index is 5.56. The Bertz CT molecular complexity index is 572. The molecule has 0 bridgehead atoms. The van der Waals surface area contributed by atoms with Crippen LogP contribution in [0.1, 0.15) is 18.3 Å². The van der Waals surface area contributed by atoms with Crippen molar-refractivity contribution in [3.63, 3.8) is 0 Å². The highest BCUT2D eigenvalue weighted by Gasteiger charge is 2.13. The van der Waals surface area contributed by atoms with E-state index in [4.69, 9.17) is 10.6 Å². The van der Waals surface area contributed by atoms with Crippen LogP contribution in [0.2, 0.25) is 0 Å². The van der Waals surface area contributed by atoms with Gasteiger partial charge in [0.1, 0.15) is 11.6 Å². The summed E-state index contributed by atoms with van der Waals surface area (Å²) in [6.07, 6.45) is 0.706. The molecular weight excluding hydrogens is 252 g/mol. The van der Waals surface area contributed by atoms with Crippen molar-refractivity contribution in [3.05, 3.63) is 41.7 Å². The predicted molar refractivity (Wildman–Crippen MR) is 80.2 cm³/mol. The normalized spacial score (nSPS) is 12.2. The van der Waals surface area contributed by atoms with Crippen molar-refractivity contribution in [2.75, 3.05) is 12.5 Å². The summed E-state index contributed by atoms with van der Waals surface area (Å²) in [7, 11) is 1.68. The predicted octanol–water partition coefficient (Wildman–Crippen LogP) is 2.32. The molecule has 1 atom stereocenters. The van der Waals surface area contributed by atoms with Crippen LogP contribution in [0.4, 0.5) is 5.82 Å². The lowest BCUT2D eigenvalue weighted by Gasteiger charge is -2.14. The number of rotatable bonds is 5. The molecule has 0 aliphatic carbocycles. The number of methoxy groups -OCH3 is 1. The molecule has 0 spiro atoms. The largest absolute Gasteiger partial charge is 0.381 e. The molecule has 1 heterocycles. The van der Waals surface area contributed by atoms with Crippen LogP contribution in [0.5, 0.6) is 0 Å². The third-order valence-corrected chi connectivity index (χ3v) is 3.25. The Labute approximate surface area is 119 Å². The molecule has 5 nitrogen and oxygen atoms in total. The Balaban J connectivity index is 2.47. The van der Waals surface area contributed by atoms with Gasteiger partial charge >= 0.3 is 0 Å². The highest BCUT2D eigenvalue weighted by molar-refractivity contribution is 5.67. The van der Waals surface area contributed by atoms with Gasteiger partial charge in [-0.25, -0.2) is 15.8 Å². The van der Waals surface area contributed by atoms with E-state index in [0.717, 1.165) is 22.6 Å². The van der Waals surface area contributed by atoms with Crippen molar-refractivity contribution in [2.24, 2.45) is 5.84 Å². The van der Waals surface area contributed by atoms with E-state index >= 15 is 0 Å². The van der Waals surface area contributed by atoms with Gasteiger partial charge in [-0.3, -0.25) is 0 Å². The number of hydrazine groups is 1. The number of nitrogens with zero attached hydrogens (tertiary/aromatic N) is 2. The van der Waals surface area contributed by atoms with Crippen molar-refractivity contribution in [1.82, 2.24) is 9.97 Å². The summed E-state index contributed by atoms with van der Waals surface area (Å²) in [5.74, 6) is 6.93. The van der Waals surface area contributed by atoms with E-state index in [1.165, 1.54) is 0 Å². The number of hydrogen-bond donors (Lipinski definition) is 2. The van der Waals surface area contributed by atoms with Crippen molar-refractivity contribution in [1.29, 1.82) is 0 Å². The standard InChI is InChI=1S/C15H20N4O/c1-10(20-3)9-13-17-14(11(2)15(18-13)19-16)12-7-5-4-6-8-12/h4-8,10H,9,16H2,1-3H3,(H,17,18,19). The molecule has 0 saturated carbocycles. The lowest BCUT2D eigenvalue weighted by Crippen LogP contribution is -2.16. The topological polar surface area (TPSA) is 73.1 Å². The zero-order valence-corrected chi connectivity index (χ0v) is 12.1. The van der Waals surface area contributed by atoms with Gasteiger partial charge in [-0.2, -0.15) is 0 Å². The molecule has 5 heteroatoms. The highest BCUT2D eigenvalue weighted by Crippen LogP contribution is 2.25. The summed E-state index contributed by atoms with van der Waals surface area (Å²) in [5.41, 5.74) is 5.53. The van der Waals surface area contributed by atoms with Gasteiger partial charge in [0.2, 0.25) is 0 Å². The number of benzene rings is 1. The fourth-order valence-corrected chi connectivity index (χ4v) is 2.01. The number of nitrogens with two attached hydrogens (primary N) is 1. The van der Waals surface area contributed by atoms with Crippen LogP contribution >= 0.6 is 0 Å². The van der Waals surface area contributed by atoms with Crippen LogP contribution in [-0.4, -0.2) is 23.2 Å². The molecule has 0 radical (unpaired) electrons. The molecule has 0 aliphatic heterocycles. The Morgan fingerprint density at radius 3 is 2.55 bits per heavy atom. The van der Waals surface area contributed by atoms with Gasteiger partial charge in [-0.1, -0.05) is 30.3 Å². The molecule has 106 valence electrons. The van der Waals surface area contributed by atoms with Crippen LogP contribution in [0, 0.1) is 6.92 Å². The molecule has 3 N–H and O–H groups in total. The molecule has 2 aromatic rings. The van der Waals surface area contributed by atoms with E-state index in [9.17, 15) is 0 Å². The number of nitrogen functional groups attached to an aromatic ring is 1. The van der Waals surface area contributed by atoms with Gasteiger partial charge in [-0.05, 0) is 13.8 Å². The van der Waals surface area contributed by atoms with Crippen LogP contribution in [0.25, 0.3) is 11.3 Å². The quantitative estimate of drug-likeness (QED) is 0.645. The second-order valence-corrected chi connectivity index (χ2v) is 4.72.